The lowest BCUT2D eigenvalue weighted by Gasteiger charge is -2.32. The lowest BCUT2D eigenvalue weighted by molar-refractivity contribution is 0.0958. The second-order valence-electron chi connectivity index (χ2n) is 3.83. The summed E-state index contributed by atoms with van der Waals surface area (Å²) in [4.78, 5) is 4.23. The summed E-state index contributed by atoms with van der Waals surface area (Å²) < 4.78 is 5.63. The minimum Gasteiger partial charge on any atom is -0.474 e. The molecule has 2 rings (SSSR count). The molecule has 1 aliphatic carbocycles. The van der Waals surface area contributed by atoms with Crippen molar-refractivity contribution in [2.45, 2.75) is 38.3 Å². The first-order valence-corrected chi connectivity index (χ1v) is 5.15. The Balaban J connectivity index is 1.90. The van der Waals surface area contributed by atoms with Gasteiger partial charge in [-0.3, -0.25) is 0 Å². The summed E-state index contributed by atoms with van der Waals surface area (Å²) in [5.41, 5.74) is 6.91. The Morgan fingerprint density at radius 2 is 2.29 bits per heavy atom. The topological polar surface area (TPSA) is 48.1 Å². The molecule has 0 atom stereocenters. The maximum atomic E-state index is 5.67. The van der Waals surface area contributed by atoms with E-state index in [4.69, 9.17) is 10.5 Å². The molecule has 0 bridgehead atoms. The first-order valence-electron chi connectivity index (χ1n) is 5.15. The van der Waals surface area contributed by atoms with Gasteiger partial charge in [-0.15, -0.1) is 0 Å². The molecule has 3 nitrogen and oxygen atoms in total. The van der Waals surface area contributed by atoms with Crippen molar-refractivity contribution >= 4 is 0 Å². The molecule has 0 radical (unpaired) electrons. The molecule has 0 aromatic carbocycles. The van der Waals surface area contributed by atoms with E-state index in [1.807, 2.05) is 12.3 Å². The van der Waals surface area contributed by atoms with Crippen LogP contribution < -0.4 is 10.5 Å². The molecular weight excluding hydrogens is 176 g/mol. The van der Waals surface area contributed by atoms with E-state index in [1.165, 1.54) is 5.56 Å². The average Bonchev–Trinajstić information content (AvgIpc) is 2.17. The van der Waals surface area contributed by atoms with Crippen LogP contribution in [0.3, 0.4) is 0 Å². The Hall–Kier alpha value is -1.09. The van der Waals surface area contributed by atoms with Gasteiger partial charge in [-0.2, -0.15) is 0 Å². The summed E-state index contributed by atoms with van der Waals surface area (Å²) in [5.74, 6) is 0.721. The molecule has 1 heterocycles. The van der Waals surface area contributed by atoms with Crippen LogP contribution in [0.2, 0.25) is 0 Å². The lowest BCUT2D eigenvalue weighted by atomic mass is 9.90. The molecule has 0 amide bonds. The quantitative estimate of drug-likeness (QED) is 0.789. The monoisotopic (exact) mass is 192 g/mol. The molecule has 1 aromatic heterocycles. The zero-order chi connectivity index (χ0) is 9.97. The maximum absolute atomic E-state index is 5.67. The first kappa shape index (κ1) is 9.46. The van der Waals surface area contributed by atoms with Crippen molar-refractivity contribution in [1.29, 1.82) is 0 Å². The minimum atomic E-state index is 0.282. The smallest absolute Gasteiger partial charge is 0.213 e. The molecule has 14 heavy (non-hydrogen) atoms. The number of ether oxygens (including phenoxy) is 1. The molecule has 1 aliphatic rings. The highest BCUT2D eigenvalue weighted by Crippen LogP contribution is 2.23. The maximum Gasteiger partial charge on any atom is 0.213 e. The van der Waals surface area contributed by atoms with E-state index in [-0.39, 0.29) is 6.10 Å². The molecule has 0 unspecified atom stereocenters. The van der Waals surface area contributed by atoms with Crippen molar-refractivity contribution in [2.24, 2.45) is 5.73 Å². The number of rotatable bonds is 3. The average molecular weight is 192 g/mol. The number of aromatic nitrogens is 1. The molecule has 0 aliphatic heterocycles. The first-order chi connectivity index (χ1) is 6.78. The summed E-state index contributed by atoms with van der Waals surface area (Å²) in [5, 5.41) is 0. The Morgan fingerprint density at radius 3 is 2.79 bits per heavy atom. The third kappa shape index (κ3) is 2.04. The second kappa shape index (κ2) is 3.96. The lowest BCUT2D eigenvalue weighted by Crippen LogP contribution is -2.43. The predicted octanol–water partition coefficient (Wildman–Crippen LogP) is 1.51. The highest BCUT2D eigenvalue weighted by atomic mass is 16.5. The summed E-state index contributed by atoms with van der Waals surface area (Å²) in [7, 11) is 0. The SMILES string of the molecule is CCc1ccc(OC2CC(N)C2)nc1. The van der Waals surface area contributed by atoms with Gasteiger partial charge in [0.15, 0.2) is 0 Å². The van der Waals surface area contributed by atoms with E-state index >= 15 is 0 Å². The number of hydrogen-bond acceptors (Lipinski definition) is 3. The van der Waals surface area contributed by atoms with E-state index < -0.39 is 0 Å². The zero-order valence-electron chi connectivity index (χ0n) is 8.44. The van der Waals surface area contributed by atoms with Crippen LogP contribution in [0.5, 0.6) is 5.88 Å². The minimum absolute atomic E-state index is 0.282. The van der Waals surface area contributed by atoms with Gasteiger partial charge in [-0.25, -0.2) is 4.98 Å². The van der Waals surface area contributed by atoms with Gasteiger partial charge in [0.05, 0.1) is 0 Å². The van der Waals surface area contributed by atoms with Crippen LogP contribution in [-0.4, -0.2) is 17.1 Å². The van der Waals surface area contributed by atoms with Crippen LogP contribution in [0.1, 0.15) is 25.3 Å². The van der Waals surface area contributed by atoms with Gasteiger partial charge in [0.25, 0.3) is 0 Å². The van der Waals surface area contributed by atoms with Gasteiger partial charge in [0, 0.05) is 18.3 Å². The van der Waals surface area contributed by atoms with Crippen LogP contribution >= 0.6 is 0 Å². The third-order valence-corrected chi connectivity index (χ3v) is 2.62. The largest absolute Gasteiger partial charge is 0.474 e. The number of hydrogen-bond donors (Lipinski definition) is 1. The van der Waals surface area contributed by atoms with E-state index in [0.717, 1.165) is 25.1 Å². The van der Waals surface area contributed by atoms with Crippen LogP contribution in [0.25, 0.3) is 0 Å². The normalized spacial score (nSPS) is 25.6. The number of pyridine rings is 1. The number of nitrogens with zero attached hydrogens (tertiary/aromatic N) is 1. The third-order valence-electron chi connectivity index (χ3n) is 2.62. The molecule has 2 N–H and O–H groups in total. The van der Waals surface area contributed by atoms with Crippen molar-refractivity contribution in [3.8, 4) is 5.88 Å². The highest BCUT2D eigenvalue weighted by Gasteiger charge is 2.27. The van der Waals surface area contributed by atoms with Gasteiger partial charge < -0.3 is 10.5 Å². The van der Waals surface area contributed by atoms with Gasteiger partial charge >= 0.3 is 0 Å². The Morgan fingerprint density at radius 1 is 1.50 bits per heavy atom. The fourth-order valence-electron chi connectivity index (χ4n) is 1.56. The molecule has 0 saturated heterocycles. The molecule has 3 heteroatoms. The fourth-order valence-corrected chi connectivity index (χ4v) is 1.56. The summed E-state index contributed by atoms with van der Waals surface area (Å²) >= 11 is 0. The van der Waals surface area contributed by atoms with E-state index in [2.05, 4.69) is 18.0 Å². The summed E-state index contributed by atoms with van der Waals surface area (Å²) in [6, 6.07) is 4.32. The number of nitrogens with two attached hydrogens (primary N) is 1. The van der Waals surface area contributed by atoms with Crippen LogP contribution in [0.4, 0.5) is 0 Å². The second-order valence-corrected chi connectivity index (χ2v) is 3.83. The van der Waals surface area contributed by atoms with Gasteiger partial charge in [0.1, 0.15) is 6.10 Å². The zero-order valence-corrected chi connectivity index (χ0v) is 8.44. The van der Waals surface area contributed by atoms with Gasteiger partial charge in [-0.05, 0) is 24.8 Å². The van der Waals surface area contributed by atoms with Crippen molar-refractivity contribution in [2.75, 3.05) is 0 Å². The fraction of sp³-hybridized carbons (Fsp3) is 0.545. The molecule has 76 valence electrons. The molecule has 1 aromatic rings. The van der Waals surface area contributed by atoms with Crippen LogP contribution in [-0.2, 0) is 6.42 Å². The molecule has 1 saturated carbocycles. The predicted molar refractivity (Wildman–Crippen MR) is 55.2 cm³/mol. The Labute approximate surface area is 84.3 Å². The van der Waals surface area contributed by atoms with Crippen molar-refractivity contribution < 1.29 is 4.74 Å². The van der Waals surface area contributed by atoms with E-state index in [9.17, 15) is 0 Å². The van der Waals surface area contributed by atoms with Crippen molar-refractivity contribution in [3.05, 3.63) is 23.9 Å². The summed E-state index contributed by atoms with van der Waals surface area (Å²) in [6.45, 7) is 2.11. The van der Waals surface area contributed by atoms with E-state index in [0.29, 0.717) is 6.04 Å². The van der Waals surface area contributed by atoms with E-state index in [1.54, 1.807) is 0 Å². The standard InChI is InChI=1S/C11H16N2O/c1-2-8-3-4-11(13-7-8)14-10-5-9(12)6-10/h3-4,7,9-10H,2,5-6,12H2,1H3. The molecule has 1 fully saturated rings. The van der Waals surface area contributed by atoms with Crippen molar-refractivity contribution in [1.82, 2.24) is 4.98 Å². The molecule has 0 spiro atoms. The highest BCUT2D eigenvalue weighted by molar-refractivity contribution is 5.18. The Kier molecular flexibility index (Phi) is 2.68. The summed E-state index contributed by atoms with van der Waals surface area (Å²) in [6.07, 6.45) is 5.08. The van der Waals surface area contributed by atoms with Gasteiger partial charge in [0.2, 0.25) is 5.88 Å². The Bertz CT molecular complexity index is 291. The number of aryl methyl sites for hydroxylation is 1. The van der Waals surface area contributed by atoms with Crippen LogP contribution in [0.15, 0.2) is 18.3 Å². The molecular formula is C11H16N2O. The van der Waals surface area contributed by atoms with Gasteiger partial charge in [-0.1, -0.05) is 13.0 Å². The van der Waals surface area contributed by atoms with Crippen LogP contribution in [0, 0.1) is 0 Å². The van der Waals surface area contributed by atoms with Crippen molar-refractivity contribution in [3.63, 3.8) is 0 Å².